The molecule has 0 spiro atoms. The van der Waals surface area contributed by atoms with E-state index >= 15 is 0 Å². The van der Waals surface area contributed by atoms with Gasteiger partial charge in [-0.25, -0.2) is 4.98 Å². The van der Waals surface area contributed by atoms with Gasteiger partial charge < -0.3 is 15.6 Å². The second-order valence-corrected chi connectivity index (χ2v) is 10.2. The molecule has 4 aliphatic rings. The Balaban J connectivity index is 1.12. The molecule has 4 bridgehead atoms. The molecule has 3 N–H and O–H groups in total. The number of imidazole rings is 1. The number of carbonyl (C=O) groups is 1. The third kappa shape index (κ3) is 3.43. The summed E-state index contributed by atoms with van der Waals surface area (Å²) in [6, 6.07) is 15.9. The van der Waals surface area contributed by atoms with E-state index < -0.39 is 0 Å². The van der Waals surface area contributed by atoms with Gasteiger partial charge in [-0.2, -0.15) is 0 Å². The van der Waals surface area contributed by atoms with Crippen LogP contribution in [0.4, 0.5) is 5.69 Å². The Morgan fingerprint density at radius 1 is 0.968 bits per heavy atom. The Kier molecular flexibility index (Phi) is 4.39. The monoisotopic (exact) mass is 430 g/mol. The molecule has 1 amide bonds. The summed E-state index contributed by atoms with van der Waals surface area (Å²) in [5.41, 5.74) is 3.65. The van der Waals surface area contributed by atoms with Crippen LogP contribution in [-0.2, 0) is 4.79 Å². The first-order chi connectivity index (χ1) is 15.1. The standard InChI is InChI=1S/C25H26N4OS/c30-23(25-12-15-9-16(13-25)11-17(10-15)14-25)29-24(31)26-19-7-5-18(6-8-19)22-27-20-3-1-2-4-21(20)28-22/h1-8,15-17H,9-14H2,(H,27,28)(H2,26,29,30,31). The number of benzene rings is 2. The molecule has 2 aromatic carbocycles. The number of rotatable bonds is 3. The molecule has 4 aliphatic carbocycles. The maximum absolute atomic E-state index is 13.2. The molecule has 4 saturated carbocycles. The zero-order chi connectivity index (χ0) is 21.0. The fourth-order valence-corrected chi connectivity index (χ4v) is 6.80. The van der Waals surface area contributed by atoms with E-state index in [1.165, 1.54) is 19.3 Å². The van der Waals surface area contributed by atoms with E-state index in [0.717, 1.165) is 65.1 Å². The predicted octanol–water partition coefficient (Wildman–Crippen LogP) is 5.26. The van der Waals surface area contributed by atoms with Gasteiger partial charge in [-0.05, 0) is 105 Å². The lowest BCUT2D eigenvalue weighted by atomic mass is 9.49. The van der Waals surface area contributed by atoms with Gasteiger partial charge in [-0.3, -0.25) is 4.79 Å². The van der Waals surface area contributed by atoms with E-state index in [4.69, 9.17) is 12.2 Å². The van der Waals surface area contributed by atoms with Gasteiger partial charge in [0.05, 0.1) is 16.4 Å². The molecule has 3 aromatic rings. The minimum atomic E-state index is -0.189. The highest BCUT2D eigenvalue weighted by Gasteiger charge is 2.54. The summed E-state index contributed by atoms with van der Waals surface area (Å²) in [6.45, 7) is 0. The third-order valence-electron chi connectivity index (χ3n) is 7.55. The Hall–Kier alpha value is -2.73. The Morgan fingerprint density at radius 2 is 1.61 bits per heavy atom. The van der Waals surface area contributed by atoms with E-state index in [2.05, 4.69) is 20.6 Å². The van der Waals surface area contributed by atoms with Gasteiger partial charge in [0, 0.05) is 11.3 Å². The van der Waals surface area contributed by atoms with Crippen LogP contribution in [0, 0.1) is 23.2 Å². The number of anilines is 1. The number of hydrogen-bond donors (Lipinski definition) is 3. The Labute approximate surface area is 187 Å². The molecule has 1 aromatic heterocycles. The summed E-state index contributed by atoms with van der Waals surface area (Å²) in [5, 5.41) is 6.58. The van der Waals surface area contributed by atoms with Crippen molar-refractivity contribution in [3.63, 3.8) is 0 Å². The molecule has 5 nitrogen and oxygen atoms in total. The van der Waals surface area contributed by atoms with Gasteiger partial charge in [0.15, 0.2) is 5.11 Å². The van der Waals surface area contributed by atoms with Gasteiger partial charge in [0.25, 0.3) is 0 Å². The van der Waals surface area contributed by atoms with E-state index in [-0.39, 0.29) is 11.3 Å². The number of nitrogens with one attached hydrogen (secondary N) is 3. The van der Waals surface area contributed by atoms with Crippen molar-refractivity contribution in [1.29, 1.82) is 0 Å². The smallest absolute Gasteiger partial charge is 0.232 e. The average molecular weight is 431 g/mol. The average Bonchev–Trinajstić information content (AvgIpc) is 3.17. The molecule has 0 saturated heterocycles. The normalized spacial score (nSPS) is 28.6. The highest BCUT2D eigenvalue weighted by molar-refractivity contribution is 7.80. The van der Waals surface area contributed by atoms with Gasteiger partial charge in [-0.1, -0.05) is 12.1 Å². The van der Waals surface area contributed by atoms with E-state index in [0.29, 0.717) is 5.11 Å². The largest absolute Gasteiger partial charge is 0.338 e. The van der Waals surface area contributed by atoms with Crippen LogP contribution < -0.4 is 10.6 Å². The minimum Gasteiger partial charge on any atom is -0.338 e. The lowest BCUT2D eigenvalue weighted by molar-refractivity contribution is -0.144. The zero-order valence-electron chi connectivity index (χ0n) is 17.4. The summed E-state index contributed by atoms with van der Waals surface area (Å²) in [5.74, 6) is 3.19. The Morgan fingerprint density at radius 3 is 2.26 bits per heavy atom. The Bertz CT molecular complexity index is 1100. The van der Waals surface area contributed by atoms with Gasteiger partial charge in [-0.15, -0.1) is 0 Å². The van der Waals surface area contributed by atoms with Crippen LogP contribution in [0.3, 0.4) is 0 Å². The number of thiocarbonyl (C=S) groups is 1. The van der Waals surface area contributed by atoms with Crippen LogP contribution in [0.2, 0.25) is 0 Å². The molecule has 158 valence electrons. The highest BCUT2D eigenvalue weighted by Crippen LogP contribution is 2.60. The first-order valence-electron chi connectivity index (χ1n) is 11.2. The van der Waals surface area contributed by atoms with Gasteiger partial charge in [0.1, 0.15) is 5.82 Å². The van der Waals surface area contributed by atoms with Crippen molar-refractivity contribution in [1.82, 2.24) is 15.3 Å². The molecule has 4 fully saturated rings. The van der Waals surface area contributed by atoms with Crippen molar-refractivity contribution in [2.75, 3.05) is 5.32 Å². The van der Waals surface area contributed by atoms with Crippen molar-refractivity contribution >= 4 is 40.0 Å². The van der Waals surface area contributed by atoms with Crippen LogP contribution >= 0.6 is 12.2 Å². The number of hydrogen-bond acceptors (Lipinski definition) is 3. The number of carbonyl (C=O) groups excluding carboxylic acids is 1. The maximum atomic E-state index is 13.2. The molecule has 6 heteroatoms. The van der Waals surface area contributed by atoms with Crippen LogP contribution in [-0.4, -0.2) is 21.0 Å². The summed E-state index contributed by atoms with van der Waals surface area (Å²) in [6.07, 6.45) is 7.10. The quantitative estimate of drug-likeness (QED) is 0.496. The summed E-state index contributed by atoms with van der Waals surface area (Å²) in [4.78, 5) is 21.2. The number of amides is 1. The highest BCUT2D eigenvalue weighted by atomic mass is 32.1. The van der Waals surface area contributed by atoms with E-state index in [1.54, 1.807) is 0 Å². The van der Waals surface area contributed by atoms with Crippen LogP contribution in [0.25, 0.3) is 22.4 Å². The molecular weight excluding hydrogens is 404 g/mol. The SMILES string of the molecule is O=C(NC(=S)Nc1ccc(-c2nc3ccccc3[nH]2)cc1)C12CC3CC(CC(C3)C1)C2. The minimum absolute atomic E-state index is 0.128. The van der Waals surface area contributed by atoms with Gasteiger partial charge >= 0.3 is 0 Å². The van der Waals surface area contributed by atoms with Crippen LogP contribution in [0.5, 0.6) is 0 Å². The van der Waals surface area contributed by atoms with Gasteiger partial charge in [0.2, 0.25) is 5.91 Å². The predicted molar refractivity (Wildman–Crippen MR) is 126 cm³/mol. The lowest BCUT2D eigenvalue weighted by Crippen LogP contribution is -2.55. The summed E-state index contributed by atoms with van der Waals surface area (Å²) in [7, 11) is 0. The number of aromatic amines is 1. The second kappa shape index (κ2) is 7.16. The van der Waals surface area contributed by atoms with E-state index in [9.17, 15) is 4.79 Å². The van der Waals surface area contributed by atoms with Crippen molar-refractivity contribution < 1.29 is 4.79 Å². The number of fused-ring (bicyclic) bond motifs is 1. The number of para-hydroxylation sites is 2. The van der Waals surface area contributed by atoms with Crippen molar-refractivity contribution in [2.24, 2.45) is 23.2 Å². The molecule has 0 radical (unpaired) electrons. The first-order valence-corrected chi connectivity index (χ1v) is 11.6. The molecule has 31 heavy (non-hydrogen) atoms. The summed E-state index contributed by atoms with van der Waals surface area (Å²) < 4.78 is 0. The summed E-state index contributed by atoms with van der Waals surface area (Å²) >= 11 is 5.48. The molecular formula is C25H26N4OS. The van der Waals surface area contributed by atoms with E-state index in [1.807, 2.05) is 48.5 Å². The van der Waals surface area contributed by atoms with Crippen molar-refractivity contribution in [2.45, 2.75) is 38.5 Å². The topological polar surface area (TPSA) is 69.8 Å². The number of aromatic nitrogens is 2. The van der Waals surface area contributed by atoms with Crippen molar-refractivity contribution in [3.8, 4) is 11.4 Å². The van der Waals surface area contributed by atoms with Crippen LogP contribution in [0.1, 0.15) is 38.5 Å². The van der Waals surface area contributed by atoms with Crippen LogP contribution in [0.15, 0.2) is 48.5 Å². The maximum Gasteiger partial charge on any atom is 0.232 e. The number of H-pyrrole nitrogens is 1. The first kappa shape index (κ1) is 19.0. The fourth-order valence-electron chi connectivity index (χ4n) is 6.59. The molecule has 0 unspecified atom stereocenters. The molecule has 0 atom stereocenters. The number of nitrogens with zero attached hydrogens (tertiary/aromatic N) is 1. The molecule has 0 aliphatic heterocycles. The third-order valence-corrected chi connectivity index (χ3v) is 7.76. The molecule has 7 rings (SSSR count). The van der Waals surface area contributed by atoms with Crippen molar-refractivity contribution in [3.05, 3.63) is 48.5 Å². The molecule has 1 heterocycles. The fraction of sp³-hybridized carbons (Fsp3) is 0.400. The zero-order valence-corrected chi connectivity index (χ0v) is 18.2. The lowest BCUT2D eigenvalue weighted by Gasteiger charge is -2.55. The second-order valence-electron chi connectivity index (χ2n) is 9.79.